The van der Waals surface area contributed by atoms with Crippen molar-refractivity contribution in [3.63, 3.8) is 0 Å². The van der Waals surface area contributed by atoms with Crippen molar-refractivity contribution in [3.8, 4) is 5.75 Å². The summed E-state index contributed by atoms with van der Waals surface area (Å²) in [7, 11) is 0. The summed E-state index contributed by atoms with van der Waals surface area (Å²) in [4.78, 5) is 14.5. The molecule has 0 aliphatic heterocycles. The predicted octanol–water partition coefficient (Wildman–Crippen LogP) is 3.64. The summed E-state index contributed by atoms with van der Waals surface area (Å²) in [6, 6.07) is 5.10. The molecule has 1 aromatic carbocycles. The topological polar surface area (TPSA) is 45.3 Å². The Hall–Kier alpha value is -2.28. The minimum absolute atomic E-state index is 0.158. The number of alkyl halides is 3. The van der Waals surface area contributed by atoms with Crippen LogP contribution in [0.2, 0.25) is 0 Å². The second-order valence-electron chi connectivity index (χ2n) is 5.04. The molecular formula is C16H17F3N2O2. The molecule has 0 atom stereocenters. The number of hydrogen-bond donors (Lipinski definition) is 1. The summed E-state index contributed by atoms with van der Waals surface area (Å²) in [6.45, 7) is 4.14. The molecule has 1 aromatic heterocycles. The Morgan fingerprint density at radius 1 is 1.43 bits per heavy atom. The number of hydrogen-bond acceptors (Lipinski definition) is 3. The van der Waals surface area contributed by atoms with Gasteiger partial charge in [0.25, 0.3) is 0 Å². The molecule has 0 aliphatic carbocycles. The standard InChI is InChI=1S/C16H17F3N2O2/c1-3-8-21(16(17,18)19)9-7-12-10-20-13-5-4-6-14(15(12)13)23-11(2)22/h3-6,10,20H,1,7-9H2,2H3. The van der Waals surface area contributed by atoms with Gasteiger partial charge in [0.05, 0.1) is 0 Å². The molecule has 0 aliphatic rings. The van der Waals surface area contributed by atoms with Crippen molar-refractivity contribution in [2.24, 2.45) is 0 Å². The summed E-state index contributed by atoms with van der Waals surface area (Å²) in [5.74, 6) is -0.137. The van der Waals surface area contributed by atoms with Gasteiger partial charge in [-0.1, -0.05) is 12.1 Å². The lowest BCUT2D eigenvalue weighted by Crippen LogP contribution is -2.39. The minimum Gasteiger partial charge on any atom is -0.426 e. The van der Waals surface area contributed by atoms with Crippen LogP contribution in [0.4, 0.5) is 13.2 Å². The molecule has 1 heterocycles. The van der Waals surface area contributed by atoms with Gasteiger partial charge < -0.3 is 9.72 Å². The van der Waals surface area contributed by atoms with Crippen LogP contribution in [0.1, 0.15) is 12.5 Å². The number of aromatic nitrogens is 1. The Kier molecular flexibility index (Phi) is 5.10. The third-order valence-electron chi connectivity index (χ3n) is 3.36. The van der Waals surface area contributed by atoms with Gasteiger partial charge in [0.2, 0.25) is 0 Å². The zero-order chi connectivity index (χ0) is 17.0. The first kappa shape index (κ1) is 17.1. The van der Waals surface area contributed by atoms with E-state index in [2.05, 4.69) is 11.6 Å². The van der Waals surface area contributed by atoms with Crippen LogP contribution >= 0.6 is 0 Å². The molecule has 0 unspecified atom stereocenters. The van der Waals surface area contributed by atoms with E-state index in [1.807, 2.05) is 0 Å². The second-order valence-corrected chi connectivity index (χ2v) is 5.04. The van der Waals surface area contributed by atoms with Crippen LogP contribution in [0.3, 0.4) is 0 Å². The zero-order valence-corrected chi connectivity index (χ0v) is 12.6. The fourth-order valence-corrected chi connectivity index (χ4v) is 2.39. The number of ether oxygens (including phenoxy) is 1. The van der Waals surface area contributed by atoms with Crippen LogP contribution in [-0.2, 0) is 11.2 Å². The van der Waals surface area contributed by atoms with Crippen LogP contribution < -0.4 is 4.74 Å². The Morgan fingerprint density at radius 2 is 2.17 bits per heavy atom. The summed E-state index contributed by atoms with van der Waals surface area (Å²) in [6.07, 6.45) is -1.40. The van der Waals surface area contributed by atoms with E-state index < -0.39 is 12.3 Å². The number of nitrogens with zero attached hydrogens (tertiary/aromatic N) is 1. The Bertz CT molecular complexity index is 707. The molecule has 1 N–H and O–H groups in total. The Labute approximate surface area is 131 Å². The van der Waals surface area contributed by atoms with Gasteiger partial charge in [0.15, 0.2) is 0 Å². The van der Waals surface area contributed by atoms with Crippen molar-refractivity contribution in [1.29, 1.82) is 0 Å². The summed E-state index contributed by atoms with van der Waals surface area (Å²) in [5.41, 5.74) is 1.37. The number of nitrogens with one attached hydrogen (secondary N) is 1. The molecule has 2 rings (SSSR count). The highest BCUT2D eigenvalue weighted by Crippen LogP contribution is 2.30. The lowest BCUT2D eigenvalue weighted by atomic mass is 10.1. The zero-order valence-electron chi connectivity index (χ0n) is 12.6. The van der Waals surface area contributed by atoms with Gasteiger partial charge in [0, 0.05) is 37.1 Å². The largest absolute Gasteiger partial charge is 0.460 e. The van der Waals surface area contributed by atoms with Crippen molar-refractivity contribution >= 4 is 16.9 Å². The molecule has 23 heavy (non-hydrogen) atoms. The third-order valence-corrected chi connectivity index (χ3v) is 3.36. The smallest absolute Gasteiger partial charge is 0.426 e. The molecule has 4 nitrogen and oxygen atoms in total. The number of benzene rings is 1. The molecule has 0 saturated carbocycles. The number of carbonyl (C=O) groups is 1. The van der Waals surface area contributed by atoms with Crippen molar-refractivity contribution in [2.75, 3.05) is 13.1 Å². The van der Waals surface area contributed by atoms with E-state index >= 15 is 0 Å². The lowest BCUT2D eigenvalue weighted by molar-refractivity contribution is -0.241. The van der Waals surface area contributed by atoms with Crippen LogP contribution in [-0.4, -0.2) is 35.2 Å². The SMILES string of the molecule is C=CCN(CCc1c[nH]c2cccc(OC(C)=O)c12)C(F)(F)F. The first-order valence-electron chi connectivity index (χ1n) is 7.03. The second kappa shape index (κ2) is 6.87. The van der Waals surface area contributed by atoms with Gasteiger partial charge in [-0.15, -0.1) is 6.58 Å². The van der Waals surface area contributed by atoms with Crippen LogP contribution in [0.5, 0.6) is 5.75 Å². The highest BCUT2D eigenvalue weighted by molar-refractivity contribution is 5.91. The number of fused-ring (bicyclic) bond motifs is 1. The van der Waals surface area contributed by atoms with Crippen LogP contribution in [0.25, 0.3) is 10.9 Å². The van der Waals surface area contributed by atoms with Crippen LogP contribution in [0.15, 0.2) is 37.1 Å². The molecular weight excluding hydrogens is 309 g/mol. The average Bonchev–Trinajstić information content (AvgIpc) is 2.86. The monoisotopic (exact) mass is 326 g/mol. The van der Waals surface area contributed by atoms with E-state index in [4.69, 9.17) is 4.74 Å². The first-order valence-corrected chi connectivity index (χ1v) is 7.03. The van der Waals surface area contributed by atoms with E-state index in [0.29, 0.717) is 27.1 Å². The number of H-pyrrole nitrogens is 1. The quantitative estimate of drug-likeness (QED) is 0.381. The normalized spacial score (nSPS) is 11.9. The maximum absolute atomic E-state index is 12.9. The summed E-state index contributed by atoms with van der Waals surface area (Å²) < 4.78 is 43.8. The van der Waals surface area contributed by atoms with E-state index in [-0.39, 0.29) is 19.5 Å². The van der Waals surface area contributed by atoms with E-state index in [9.17, 15) is 18.0 Å². The summed E-state index contributed by atoms with van der Waals surface area (Å²) >= 11 is 0. The van der Waals surface area contributed by atoms with Crippen molar-refractivity contribution in [2.45, 2.75) is 19.6 Å². The predicted molar refractivity (Wildman–Crippen MR) is 81.1 cm³/mol. The number of carbonyl (C=O) groups excluding carboxylic acids is 1. The third kappa shape index (κ3) is 4.13. The maximum Gasteiger partial charge on any atom is 0.460 e. The van der Waals surface area contributed by atoms with Crippen molar-refractivity contribution < 1.29 is 22.7 Å². The fourth-order valence-electron chi connectivity index (χ4n) is 2.39. The van der Waals surface area contributed by atoms with E-state index in [1.54, 1.807) is 24.4 Å². The number of rotatable bonds is 6. The molecule has 0 saturated heterocycles. The Balaban J connectivity index is 2.26. The van der Waals surface area contributed by atoms with Gasteiger partial charge in [-0.25, -0.2) is 4.90 Å². The van der Waals surface area contributed by atoms with Gasteiger partial charge >= 0.3 is 12.3 Å². The minimum atomic E-state index is -4.42. The van der Waals surface area contributed by atoms with Gasteiger partial charge in [-0.3, -0.25) is 4.79 Å². The molecule has 0 amide bonds. The number of aromatic amines is 1. The lowest BCUT2D eigenvalue weighted by Gasteiger charge is -2.23. The number of esters is 1. The Morgan fingerprint density at radius 3 is 2.78 bits per heavy atom. The summed E-state index contributed by atoms with van der Waals surface area (Å²) in [5, 5.41) is 0.628. The highest BCUT2D eigenvalue weighted by atomic mass is 19.4. The highest BCUT2D eigenvalue weighted by Gasteiger charge is 2.35. The fraction of sp³-hybridized carbons (Fsp3) is 0.312. The molecule has 124 valence electrons. The molecule has 2 aromatic rings. The molecule has 0 spiro atoms. The maximum atomic E-state index is 12.9. The molecule has 7 heteroatoms. The average molecular weight is 326 g/mol. The van der Waals surface area contributed by atoms with Crippen molar-refractivity contribution in [3.05, 3.63) is 42.6 Å². The first-order chi connectivity index (χ1) is 10.8. The van der Waals surface area contributed by atoms with Gasteiger partial charge in [-0.2, -0.15) is 13.2 Å². The molecule has 0 fully saturated rings. The van der Waals surface area contributed by atoms with E-state index in [0.717, 1.165) is 0 Å². The van der Waals surface area contributed by atoms with Gasteiger partial charge in [-0.05, 0) is 24.1 Å². The van der Waals surface area contributed by atoms with Gasteiger partial charge in [0.1, 0.15) is 5.75 Å². The van der Waals surface area contributed by atoms with E-state index in [1.165, 1.54) is 13.0 Å². The van der Waals surface area contributed by atoms with Crippen LogP contribution in [0, 0.1) is 0 Å². The molecule has 0 radical (unpaired) electrons. The number of halogens is 3. The van der Waals surface area contributed by atoms with Crippen molar-refractivity contribution in [1.82, 2.24) is 9.88 Å². The molecule has 0 bridgehead atoms.